The van der Waals surface area contributed by atoms with E-state index in [1.165, 1.54) is 24.0 Å². The van der Waals surface area contributed by atoms with Crippen LogP contribution in [0.5, 0.6) is 0 Å². The first-order valence-corrected chi connectivity index (χ1v) is 14.8. The number of carbonyl (C=O) groups is 1. The summed E-state index contributed by atoms with van der Waals surface area (Å²) < 4.78 is 0. The van der Waals surface area contributed by atoms with Crippen molar-refractivity contribution in [2.24, 2.45) is 5.73 Å². The first-order chi connectivity index (χ1) is 19.5. The van der Waals surface area contributed by atoms with Crippen LogP contribution in [0.1, 0.15) is 91.0 Å². The van der Waals surface area contributed by atoms with Gasteiger partial charge < -0.3 is 15.9 Å². The Morgan fingerprint density at radius 3 is 2.29 bits per heavy atom. The average molecular weight is 605 g/mol. The minimum Gasteiger partial charge on any atom is -0.481 e. The summed E-state index contributed by atoms with van der Waals surface area (Å²) in [6.45, 7) is 17.4. The first kappa shape index (κ1) is 38.2. The summed E-state index contributed by atoms with van der Waals surface area (Å²) in [6.07, 6.45) is 17.6. The van der Waals surface area contributed by atoms with Crippen LogP contribution in [0.2, 0.25) is 0 Å². The molecule has 0 fully saturated rings. The molecular weight excluding hydrogens is 557 g/mol. The molecule has 1 aliphatic carbocycles. The summed E-state index contributed by atoms with van der Waals surface area (Å²) in [5, 5.41) is 20.9. The van der Waals surface area contributed by atoms with Gasteiger partial charge in [0.15, 0.2) is 0 Å². The van der Waals surface area contributed by atoms with E-state index < -0.39 is 12.2 Å². The fraction of sp³-hybridized carbons (Fsp3) is 0.424. The molecule has 2 rings (SSSR count). The fourth-order valence-corrected chi connectivity index (χ4v) is 4.07. The van der Waals surface area contributed by atoms with Crippen molar-refractivity contribution >= 4 is 46.9 Å². The Bertz CT molecular complexity index is 1260. The van der Waals surface area contributed by atoms with Gasteiger partial charge in [-0.05, 0) is 88.2 Å². The molecule has 1 aromatic heterocycles. The first-order valence-electron chi connectivity index (χ1n) is 14.1. The number of aliphatic hydroxyl groups is 1. The molecule has 1 aliphatic rings. The van der Waals surface area contributed by atoms with Gasteiger partial charge in [-0.25, -0.2) is 9.97 Å². The van der Waals surface area contributed by atoms with Crippen molar-refractivity contribution in [3.05, 3.63) is 86.8 Å². The average Bonchev–Trinajstić information content (AvgIpc) is 3.40. The predicted molar refractivity (Wildman–Crippen MR) is 176 cm³/mol. The van der Waals surface area contributed by atoms with Crippen LogP contribution in [0, 0.1) is 0 Å². The largest absolute Gasteiger partial charge is 0.481 e. The van der Waals surface area contributed by atoms with Gasteiger partial charge in [-0.1, -0.05) is 80.6 Å². The number of carboxylic acids is 1. The van der Waals surface area contributed by atoms with Gasteiger partial charge in [-0.3, -0.25) is 4.79 Å². The maximum Gasteiger partial charge on any atom is 0.303 e. The Morgan fingerprint density at radius 1 is 1.10 bits per heavy atom. The highest BCUT2D eigenvalue weighted by Gasteiger charge is 2.11. The zero-order chi connectivity index (χ0) is 31.4. The lowest BCUT2D eigenvalue weighted by Crippen LogP contribution is -2.35. The third-order valence-corrected chi connectivity index (χ3v) is 6.30. The van der Waals surface area contributed by atoms with Gasteiger partial charge in [0.1, 0.15) is 6.23 Å². The summed E-state index contributed by atoms with van der Waals surface area (Å²) in [4.78, 5) is 20.1. The van der Waals surface area contributed by atoms with Crippen molar-refractivity contribution in [1.82, 2.24) is 9.97 Å². The van der Waals surface area contributed by atoms with Crippen LogP contribution in [0.25, 0.3) is 17.7 Å². The summed E-state index contributed by atoms with van der Waals surface area (Å²) in [7, 11) is 0. The second kappa shape index (κ2) is 21.9. The number of carboxylic acid groups (broad SMARTS) is 1. The minimum atomic E-state index is -0.967. The van der Waals surface area contributed by atoms with Crippen LogP contribution in [-0.4, -0.2) is 32.4 Å². The Hall–Kier alpha value is -2.77. The standard InChI is InChI=1S/C21H28ClN3O3.C10H13Cl.C2H6/c1-4-15(22)11-10-14(3)21-18(8-6-7-9-20(27)28)24-17(12-13-19(23)26)16(5-2)25-21;1-3-9-5-4-6-10(9)7-8(2)11;1-2/h4-5,10-12,19,26H,3,6-9,13,23H2,1-2H3,(H,27,28);3,7H,1,4-6H2,2H3;1-2H3/b11-10-,15-4+,16-5+,17-12+;8-7+;. The molecule has 6 nitrogen and oxygen atoms in total. The van der Waals surface area contributed by atoms with E-state index >= 15 is 0 Å². The molecule has 0 aromatic carbocycles. The third kappa shape index (κ3) is 15.7. The fourth-order valence-electron chi connectivity index (χ4n) is 3.88. The van der Waals surface area contributed by atoms with Gasteiger partial charge in [-0.2, -0.15) is 0 Å². The van der Waals surface area contributed by atoms with Crippen LogP contribution in [-0.2, 0) is 11.2 Å². The molecule has 0 saturated heterocycles. The molecule has 8 heteroatoms. The summed E-state index contributed by atoms with van der Waals surface area (Å²) in [5.74, 6) is -0.818. The Morgan fingerprint density at radius 2 is 1.76 bits per heavy atom. The number of nitrogens with two attached hydrogens (primary N) is 1. The molecule has 0 spiro atoms. The van der Waals surface area contributed by atoms with Crippen LogP contribution in [0.3, 0.4) is 0 Å². The maximum absolute atomic E-state index is 10.7. The monoisotopic (exact) mass is 603 g/mol. The van der Waals surface area contributed by atoms with Gasteiger partial charge in [0.05, 0.1) is 22.1 Å². The van der Waals surface area contributed by atoms with E-state index in [0.29, 0.717) is 46.3 Å². The molecule has 1 heterocycles. The van der Waals surface area contributed by atoms with Crippen LogP contribution in [0.15, 0.2) is 64.7 Å². The van der Waals surface area contributed by atoms with Crippen molar-refractivity contribution in [2.75, 3.05) is 0 Å². The number of hydrogen-bond donors (Lipinski definition) is 3. The molecule has 41 heavy (non-hydrogen) atoms. The molecule has 1 unspecified atom stereocenters. The third-order valence-electron chi connectivity index (χ3n) is 5.85. The molecule has 1 atom stereocenters. The molecule has 0 amide bonds. The summed E-state index contributed by atoms with van der Waals surface area (Å²) in [6, 6.07) is 0. The lowest BCUT2D eigenvalue weighted by atomic mass is 10.1. The predicted octanol–water partition coefficient (Wildman–Crippen LogP) is 7.06. The van der Waals surface area contributed by atoms with Crippen molar-refractivity contribution in [3.63, 3.8) is 0 Å². The number of hydrogen-bond acceptors (Lipinski definition) is 5. The topological polar surface area (TPSA) is 109 Å². The highest BCUT2D eigenvalue weighted by molar-refractivity contribution is 6.31. The number of aliphatic carboxylic acids is 1. The zero-order valence-corrected chi connectivity index (χ0v) is 26.7. The second-order valence-corrected chi connectivity index (χ2v) is 10.1. The zero-order valence-electron chi connectivity index (χ0n) is 25.2. The van der Waals surface area contributed by atoms with E-state index in [1.807, 2.05) is 52.8 Å². The van der Waals surface area contributed by atoms with Crippen LogP contribution in [0.4, 0.5) is 0 Å². The second-order valence-electron chi connectivity index (χ2n) is 9.06. The number of halogens is 2. The maximum atomic E-state index is 10.7. The molecular formula is C33H47Cl2N3O3. The molecule has 0 saturated carbocycles. The highest BCUT2D eigenvalue weighted by atomic mass is 35.5. The molecule has 0 bridgehead atoms. The summed E-state index contributed by atoms with van der Waals surface area (Å²) in [5.41, 5.74) is 10.2. The Labute approximate surface area is 256 Å². The Kier molecular flexibility index (Phi) is 20.4. The van der Waals surface area contributed by atoms with E-state index in [-0.39, 0.29) is 12.8 Å². The van der Waals surface area contributed by atoms with E-state index in [9.17, 15) is 9.90 Å². The van der Waals surface area contributed by atoms with Gasteiger partial charge in [0.2, 0.25) is 0 Å². The number of nitrogens with zero attached hydrogens (tertiary/aromatic N) is 2. The van der Waals surface area contributed by atoms with E-state index in [2.05, 4.69) is 18.1 Å². The van der Waals surface area contributed by atoms with E-state index in [4.69, 9.17) is 39.0 Å². The number of allylic oxidation sites excluding steroid dienone is 10. The summed E-state index contributed by atoms with van der Waals surface area (Å²) >= 11 is 11.8. The molecule has 0 aliphatic heterocycles. The molecule has 4 N–H and O–H groups in total. The van der Waals surface area contributed by atoms with E-state index in [0.717, 1.165) is 17.1 Å². The molecule has 226 valence electrons. The van der Waals surface area contributed by atoms with Gasteiger partial charge in [0.25, 0.3) is 0 Å². The quantitative estimate of drug-likeness (QED) is 0.134. The normalized spacial score (nSPS) is 15.3. The van der Waals surface area contributed by atoms with Crippen molar-refractivity contribution in [2.45, 2.75) is 92.2 Å². The molecule has 1 aromatic rings. The van der Waals surface area contributed by atoms with Crippen molar-refractivity contribution < 1.29 is 15.0 Å². The van der Waals surface area contributed by atoms with Gasteiger partial charge in [-0.15, -0.1) is 0 Å². The number of unbranched alkanes of at least 4 members (excludes halogenated alkanes) is 1. The van der Waals surface area contributed by atoms with Crippen molar-refractivity contribution in [3.8, 4) is 0 Å². The number of aryl methyl sites for hydroxylation is 1. The molecule has 0 radical (unpaired) electrons. The lowest BCUT2D eigenvalue weighted by molar-refractivity contribution is -0.137. The van der Waals surface area contributed by atoms with Gasteiger partial charge >= 0.3 is 5.97 Å². The van der Waals surface area contributed by atoms with E-state index in [1.54, 1.807) is 24.3 Å². The Balaban J connectivity index is 0.00000102. The highest BCUT2D eigenvalue weighted by Crippen LogP contribution is 2.28. The SMILES string of the molecule is C=C(/C=C\C(Cl)=C/C)c1nc(=C/C)/c(=C\CC(N)O)nc1CCCCC(=O)O.C=CC1=C(/C=C(\C)Cl)CCC1.CC. The smallest absolute Gasteiger partial charge is 0.303 e. The van der Waals surface area contributed by atoms with Crippen molar-refractivity contribution in [1.29, 1.82) is 0 Å². The number of rotatable bonds is 12. The minimum absolute atomic E-state index is 0.111. The lowest BCUT2D eigenvalue weighted by Gasteiger charge is -2.09. The van der Waals surface area contributed by atoms with Crippen LogP contribution < -0.4 is 16.4 Å². The van der Waals surface area contributed by atoms with Crippen LogP contribution >= 0.6 is 23.2 Å². The number of aliphatic hydroxyl groups excluding tert-OH is 1. The van der Waals surface area contributed by atoms with Gasteiger partial charge in [0, 0.05) is 22.9 Å². The number of aromatic nitrogens is 2.